The van der Waals surface area contributed by atoms with Crippen molar-refractivity contribution >= 4 is 35.1 Å². The summed E-state index contributed by atoms with van der Waals surface area (Å²) in [6.07, 6.45) is 0.788. The van der Waals surface area contributed by atoms with Crippen LogP contribution in [0.5, 0.6) is 5.75 Å². The largest absolute Gasteiger partial charge is 0.497 e. The number of piperazine rings is 1. The lowest BCUT2D eigenvalue weighted by Crippen LogP contribution is -2.55. The van der Waals surface area contributed by atoms with Gasteiger partial charge in [-0.25, -0.2) is 9.69 Å². The van der Waals surface area contributed by atoms with E-state index in [0.717, 1.165) is 10.5 Å². The Morgan fingerprint density at radius 2 is 2.06 bits per heavy atom. The van der Waals surface area contributed by atoms with Gasteiger partial charge in [0.2, 0.25) is 5.91 Å². The average Bonchev–Trinajstić information content (AvgIpc) is 3.48. The van der Waals surface area contributed by atoms with Crippen molar-refractivity contribution in [3.05, 3.63) is 58.1 Å². The first kappa shape index (κ1) is 21.3. The van der Waals surface area contributed by atoms with Crippen molar-refractivity contribution < 1.29 is 19.1 Å². The lowest BCUT2D eigenvalue weighted by molar-refractivity contribution is -0.135. The van der Waals surface area contributed by atoms with Crippen molar-refractivity contribution in [2.75, 3.05) is 18.6 Å². The minimum atomic E-state index is -0.709. The number of hydrogen-bond acceptors (Lipinski definition) is 5. The molecule has 4 amide bonds. The lowest BCUT2D eigenvalue weighted by atomic mass is 10.1. The van der Waals surface area contributed by atoms with Crippen LogP contribution in [0.2, 0.25) is 5.02 Å². The number of likely N-dealkylation sites (tertiary alicyclic amines) is 1. The summed E-state index contributed by atoms with van der Waals surface area (Å²) in [5, 5.41) is 9.42. The number of nitriles is 1. The van der Waals surface area contributed by atoms with E-state index in [1.807, 2.05) is 30.3 Å². The van der Waals surface area contributed by atoms with Crippen LogP contribution in [0.1, 0.15) is 23.1 Å². The Morgan fingerprint density at radius 1 is 1.27 bits per heavy atom. The van der Waals surface area contributed by atoms with E-state index in [4.69, 9.17) is 16.3 Å². The van der Waals surface area contributed by atoms with Gasteiger partial charge in [0.15, 0.2) is 0 Å². The average molecular weight is 465 g/mol. The standard InChI is InChI=1S/C24H21ClN4O4/c1-13-18(7-6-15(11-26)21(13)25)29-23(31)22-19-10-16(28(22)24(29)32)12-27(19)20(30)9-14-4-3-5-17(8-14)33-2/h3-8,16,19,22H,9-10,12H2,1-2H3/t16-,19?,22-/m1/s1. The molecule has 2 bridgehead atoms. The van der Waals surface area contributed by atoms with Gasteiger partial charge >= 0.3 is 6.03 Å². The predicted octanol–water partition coefficient (Wildman–Crippen LogP) is 2.89. The number of amides is 4. The molecule has 0 N–H and O–H groups in total. The molecule has 3 heterocycles. The highest BCUT2D eigenvalue weighted by Gasteiger charge is 2.62. The van der Waals surface area contributed by atoms with Crippen LogP contribution < -0.4 is 9.64 Å². The second-order valence-corrected chi connectivity index (χ2v) is 8.90. The van der Waals surface area contributed by atoms with E-state index in [1.165, 1.54) is 6.07 Å². The van der Waals surface area contributed by atoms with E-state index >= 15 is 0 Å². The number of carbonyl (C=O) groups is 3. The molecular formula is C24H21ClN4O4. The Hall–Kier alpha value is -3.57. The smallest absolute Gasteiger partial charge is 0.332 e. The Bertz CT molecular complexity index is 1240. The molecule has 1 unspecified atom stereocenters. The van der Waals surface area contributed by atoms with Crippen LogP contribution in [0, 0.1) is 18.3 Å². The molecule has 0 saturated carbocycles. The molecular weight excluding hydrogens is 444 g/mol. The van der Waals surface area contributed by atoms with E-state index in [9.17, 15) is 19.6 Å². The highest BCUT2D eigenvalue weighted by Crippen LogP contribution is 2.43. The molecule has 9 heteroatoms. The Labute approximate surface area is 195 Å². The third-order valence-corrected chi connectivity index (χ3v) is 7.28. The van der Waals surface area contributed by atoms with Gasteiger partial charge in [0.25, 0.3) is 5.91 Å². The van der Waals surface area contributed by atoms with E-state index in [2.05, 4.69) is 0 Å². The van der Waals surface area contributed by atoms with Crippen molar-refractivity contribution in [2.45, 2.75) is 37.9 Å². The molecule has 0 radical (unpaired) electrons. The summed E-state index contributed by atoms with van der Waals surface area (Å²) in [6, 6.07) is 10.8. The predicted molar refractivity (Wildman–Crippen MR) is 120 cm³/mol. The van der Waals surface area contributed by atoms with E-state index in [-0.39, 0.29) is 40.9 Å². The molecule has 3 aliphatic heterocycles. The van der Waals surface area contributed by atoms with Crippen LogP contribution in [-0.4, -0.2) is 59.4 Å². The number of hydrogen-bond donors (Lipinski definition) is 0. The number of fused-ring (bicyclic) bond motifs is 5. The molecule has 5 rings (SSSR count). The van der Waals surface area contributed by atoms with Gasteiger partial charge in [-0.1, -0.05) is 23.7 Å². The van der Waals surface area contributed by atoms with Crippen LogP contribution in [0.4, 0.5) is 10.5 Å². The maximum Gasteiger partial charge on any atom is 0.332 e. The molecule has 0 aliphatic carbocycles. The first-order valence-corrected chi connectivity index (χ1v) is 11.0. The topological polar surface area (TPSA) is 94.0 Å². The number of nitrogens with zero attached hydrogens (tertiary/aromatic N) is 4. The molecule has 168 valence electrons. The second kappa shape index (κ2) is 7.78. The van der Waals surface area contributed by atoms with Crippen molar-refractivity contribution in [3.63, 3.8) is 0 Å². The van der Waals surface area contributed by atoms with Crippen LogP contribution in [0.15, 0.2) is 36.4 Å². The normalized spacial score (nSPS) is 23.2. The first-order chi connectivity index (χ1) is 15.8. The molecule has 3 atom stereocenters. The number of urea groups is 1. The summed E-state index contributed by atoms with van der Waals surface area (Å²) in [5.74, 6) is 0.236. The summed E-state index contributed by atoms with van der Waals surface area (Å²) >= 11 is 6.28. The zero-order valence-corrected chi connectivity index (χ0v) is 18.9. The van der Waals surface area contributed by atoms with Gasteiger partial charge in [-0.05, 0) is 48.7 Å². The van der Waals surface area contributed by atoms with Crippen molar-refractivity contribution in [1.29, 1.82) is 5.26 Å². The summed E-state index contributed by atoms with van der Waals surface area (Å²) < 4.78 is 5.23. The van der Waals surface area contributed by atoms with Crippen molar-refractivity contribution in [2.24, 2.45) is 0 Å². The summed E-state index contributed by atoms with van der Waals surface area (Å²) in [7, 11) is 1.58. The molecule has 8 nitrogen and oxygen atoms in total. The second-order valence-electron chi connectivity index (χ2n) is 8.52. The monoisotopic (exact) mass is 464 g/mol. The minimum absolute atomic E-state index is 0.0771. The lowest BCUT2D eigenvalue weighted by Gasteiger charge is -2.35. The number of anilines is 1. The number of carbonyl (C=O) groups excluding carboxylic acids is 3. The molecule has 0 spiro atoms. The minimum Gasteiger partial charge on any atom is -0.497 e. The molecule has 2 aromatic rings. The molecule has 33 heavy (non-hydrogen) atoms. The highest BCUT2D eigenvalue weighted by molar-refractivity contribution is 6.33. The van der Waals surface area contributed by atoms with Crippen LogP contribution in [0.25, 0.3) is 0 Å². The van der Waals surface area contributed by atoms with Gasteiger partial charge in [0, 0.05) is 6.54 Å². The number of benzene rings is 2. The Balaban J connectivity index is 1.40. The molecule has 3 saturated heterocycles. The maximum absolute atomic E-state index is 13.4. The fraction of sp³-hybridized carbons (Fsp3) is 0.333. The van der Waals surface area contributed by atoms with Gasteiger partial charge in [-0.3, -0.25) is 9.59 Å². The number of ether oxygens (including phenoxy) is 1. The van der Waals surface area contributed by atoms with Crippen molar-refractivity contribution in [3.8, 4) is 11.8 Å². The van der Waals surface area contributed by atoms with Gasteiger partial charge in [0.05, 0.1) is 41.9 Å². The van der Waals surface area contributed by atoms with Crippen LogP contribution in [-0.2, 0) is 16.0 Å². The molecule has 0 aromatic heterocycles. The summed E-state index contributed by atoms with van der Waals surface area (Å²) in [5.41, 5.74) is 1.98. The molecule has 3 aliphatic rings. The maximum atomic E-state index is 13.4. The Kier molecular flexibility index (Phi) is 5.02. The Morgan fingerprint density at radius 3 is 2.79 bits per heavy atom. The van der Waals surface area contributed by atoms with E-state index < -0.39 is 12.1 Å². The quantitative estimate of drug-likeness (QED) is 0.648. The van der Waals surface area contributed by atoms with E-state index in [1.54, 1.807) is 29.9 Å². The SMILES string of the molecule is COc1cccc(CC(=O)N2C[C@H]3CC2[C@@H]2C(=O)N(c4ccc(C#N)c(Cl)c4C)C(=O)N32)c1. The molecule has 3 fully saturated rings. The third kappa shape index (κ3) is 3.15. The highest BCUT2D eigenvalue weighted by atomic mass is 35.5. The zero-order valence-electron chi connectivity index (χ0n) is 18.1. The van der Waals surface area contributed by atoms with Gasteiger partial charge in [-0.2, -0.15) is 5.26 Å². The number of rotatable bonds is 4. The van der Waals surface area contributed by atoms with Crippen LogP contribution >= 0.6 is 11.6 Å². The number of methoxy groups -OCH3 is 1. The summed E-state index contributed by atoms with van der Waals surface area (Å²) in [4.78, 5) is 44.3. The fourth-order valence-electron chi connectivity index (χ4n) is 5.23. The van der Waals surface area contributed by atoms with Gasteiger partial charge < -0.3 is 14.5 Å². The van der Waals surface area contributed by atoms with E-state index in [0.29, 0.717) is 30.0 Å². The first-order valence-electron chi connectivity index (χ1n) is 10.6. The summed E-state index contributed by atoms with van der Waals surface area (Å²) in [6.45, 7) is 2.09. The number of imide groups is 1. The molecule has 2 aromatic carbocycles. The fourth-order valence-corrected chi connectivity index (χ4v) is 5.43. The van der Waals surface area contributed by atoms with Crippen LogP contribution in [0.3, 0.4) is 0 Å². The third-order valence-electron chi connectivity index (χ3n) is 6.79. The van der Waals surface area contributed by atoms with Gasteiger partial charge in [-0.15, -0.1) is 0 Å². The van der Waals surface area contributed by atoms with Gasteiger partial charge in [0.1, 0.15) is 17.9 Å². The van der Waals surface area contributed by atoms with Crippen molar-refractivity contribution in [1.82, 2.24) is 9.80 Å². The number of halogens is 1. The zero-order chi connectivity index (χ0) is 23.4.